The van der Waals surface area contributed by atoms with E-state index in [0.29, 0.717) is 17.4 Å². The highest BCUT2D eigenvalue weighted by molar-refractivity contribution is 5.57. The molecule has 21 heavy (non-hydrogen) atoms. The Hall–Kier alpha value is -1.25. The summed E-state index contributed by atoms with van der Waals surface area (Å²) in [6.07, 6.45) is 4.74. The first-order valence-electron chi connectivity index (χ1n) is 8.26. The molecule has 1 N–H and O–H groups in total. The molecule has 1 heterocycles. The summed E-state index contributed by atoms with van der Waals surface area (Å²) in [7, 11) is 0. The third-order valence-electron chi connectivity index (χ3n) is 5.08. The van der Waals surface area contributed by atoms with Crippen LogP contribution in [0, 0.1) is 17.2 Å². The summed E-state index contributed by atoms with van der Waals surface area (Å²) in [5, 5.41) is 3.55. The number of anilines is 2. The minimum absolute atomic E-state index is 0.0909. The lowest BCUT2D eigenvalue weighted by Gasteiger charge is -2.22. The van der Waals surface area contributed by atoms with Crippen LogP contribution in [0.3, 0.4) is 0 Å². The zero-order chi connectivity index (χ0) is 15.0. The van der Waals surface area contributed by atoms with Gasteiger partial charge in [-0.15, -0.1) is 0 Å². The Labute approximate surface area is 127 Å². The summed E-state index contributed by atoms with van der Waals surface area (Å²) < 4.78 is 14.3. The Bertz CT molecular complexity index is 506. The number of rotatable bonds is 3. The lowest BCUT2D eigenvalue weighted by Crippen LogP contribution is -2.23. The Morgan fingerprint density at radius 1 is 1.19 bits per heavy atom. The number of hydrogen-bond donors (Lipinski definition) is 1. The second kappa shape index (κ2) is 5.51. The van der Waals surface area contributed by atoms with Crippen molar-refractivity contribution in [1.29, 1.82) is 0 Å². The maximum Gasteiger partial charge on any atom is 0.148 e. The van der Waals surface area contributed by atoms with E-state index in [9.17, 15) is 4.39 Å². The van der Waals surface area contributed by atoms with Crippen LogP contribution in [0.15, 0.2) is 18.2 Å². The molecule has 2 aliphatic rings. The number of benzene rings is 1. The maximum absolute atomic E-state index is 14.3. The van der Waals surface area contributed by atoms with Gasteiger partial charge in [0.15, 0.2) is 0 Å². The van der Waals surface area contributed by atoms with Crippen LogP contribution in [0.25, 0.3) is 0 Å². The molecule has 2 unspecified atom stereocenters. The first-order chi connectivity index (χ1) is 9.94. The van der Waals surface area contributed by atoms with Crippen molar-refractivity contribution in [3.05, 3.63) is 24.0 Å². The average molecular weight is 290 g/mol. The first-order valence-corrected chi connectivity index (χ1v) is 8.26. The molecule has 1 aromatic rings. The lowest BCUT2D eigenvalue weighted by molar-refractivity contribution is 0.366. The molecule has 1 saturated carbocycles. The fourth-order valence-electron chi connectivity index (χ4n) is 4.11. The van der Waals surface area contributed by atoms with Crippen LogP contribution < -0.4 is 10.2 Å². The molecule has 1 aliphatic carbocycles. The normalized spacial score (nSPS) is 28.1. The van der Waals surface area contributed by atoms with E-state index in [-0.39, 0.29) is 5.82 Å². The smallest absolute Gasteiger partial charge is 0.148 e. The molecule has 0 aromatic heterocycles. The first kappa shape index (κ1) is 14.7. The third kappa shape index (κ3) is 3.17. The van der Waals surface area contributed by atoms with Crippen LogP contribution in [0.2, 0.25) is 0 Å². The van der Waals surface area contributed by atoms with E-state index >= 15 is 0 Å². The number of nitrogens with one attached hydrogen (secondary N) is 1. The molecule has 0 radical (unpaired) electrons. The molecular weight excluding hydrogens is 263 g/mol. The van der Waals surface area contributed by atoms with E-state index < -0.39 is 0 Å². The maximum atomic E-state index is 14.3. The molecule has 2 atom stereocenters. The van der Waals surface area contributed by atoms with Gasteiger partial charge in [0.25, 0.3) is 0 Å². The van der Waals surface area contributed by atoms with Crippen molar-refractivity contribution in [1.82, 2.24) is 0 Å². The van der Waals surface area contributed by atoms with Crippen molar-refractivity contribution in [3.63, 3.8) is 0 Å². The van der Waals surface area contributed by atoms with Gasteiger partial charge in [-0.3, -0.25) is 0 Å². The highest BCUT2D eigenvalue weighted by atomic mass is 19.1. The SMILES string of the molecule is CC1CC(C)(C)CC1Nc1ccc(N2CCCC2)c(F)c1. The molecule has 2 nitrogen and oxygen atoms in total. The van der Waals surface area contributed by atoms with Gasteiger partial charge in [-0.1, -0.05) is 20.8 Å². The molecule has 0 amide bonds. The van der Waals surface area contributed by atoms with Gasteiger partial charge in [0.2, 0.25) is 0 Å². The van der Waals surface area contributed by atoms with Crippen LogP contribution in [0.1, 0.15) is 46.5 Å². The highest BCUT2D eigenvalue weighted by Gasteiger charge is 2.36. The van der Waals surface area contributed by atoms with Gasteiger partial charge in [0.1, 0.15) is 5.82 Å². The monoisotopic (exact) mass is 290 g/mol. The zero-order valence-electron chi connectivity index (χ0n) is 13.5. The minimum atomic E-state index is -0.0909. The van der Waals surface area contributed by atoms with Gasteiger partial charge < -0.3 is 10.2 Å². The summed E-state index contributed by atoms with van der Waals surface area (Å²) in [5.41, 5.74) is 2.08. The van der Waals surface area contributed by atoms with Gasteiger partial charge >= 0.3 is 0 Å². The molecular formula is C18H27FN2. The second-order valence-electron chi connectivity index (χ2n) is 7.66. The second-order valence-corrected chi connectivity index (χ2v) is 7.66. The summed E-state index contributed by atoms with van der Waals surface area (Å²) in [4.78, 5) is 2.15. The van der Waals surface area contributed by atoms with E-state index in [2.05, 4.69) is 31.0 Å². The van der Waals surface area contributed by atoms with Crippen LogP contribution >= 0.6 is 0 Å². The predicted molar refractivity (Wildman–Crippen MR) is 87.4 cm³/mol. The quantitative estimate of drug-likeness (QED) is 0.870. The van der Waals surface area contributed by atoms with E-state index in [0.717, 1.165) is 30.9 Å². The largest absolute Gasteiger partial charge is 0.382 e. The van der Waals surface area contributed by atoms with Crippen molar-refractivity contribution in [3.8, 4) is 0 Å². The molecule has 1 saturated heterocycles. The number of nitrogens with zero attached hydrogens (tertiary/aromatic N) is 1. The van der Waals surface area contributed by atoms with Gasteiger partial charge in [0, 0.05) is 24.8 Å². The summed E-state index contributed by atoms with van der Waals surface area (Å²) >= 11 is 0. The van der Waals surface area contributed by atoms with Crippen molar-refractivity contribution < 1.29 is 4.39 Å². The highest BCUT2D eigenvalue weighted by Crippen LogP contribution is 2.42. The molecule has 3 rings (SSSR count). The van der Waals surface area contributed by atoms with Gasteiger partial charge in [-0.05, 0) is 55.2 Å². The van der Waals surface area contributed by atoms with Crippen LogP contribution in [-0.2, 0) is 0 Å². The Morgan fingerprint density at radius 2 is 1.90 bits per heavy atom. The van der Waals surface area contributed by atoms with Crippen molar-refractivity contribution in [2.45, 2.75) is 52.5 Å². The molecule has 1 aliphatic heterocycles. The number of halogens is 1. The third-order valence-corrected chi connectivity index (χ3v) is 5.08. The molecule has 3 heteroatoms. The average Bonchev–Trinajstić information content (AvgIpc) is 2.98. The van der Waals surface area contributed by atoms with Crippen molar-refractivity contribution in [2.24, 2.45) is 11.3 Å². The summed E-state index contributed by atoms with van der Waals surface area (Å²) in [6, 6.07) is 6.10. The topological polar surface area (TPSA) is 15.3 Å². The van der Waals surface area contributed by atoms with E-state index in [1.54, 1.807) is 6.07 Å². The molecule has 0 bridgehead atoms. The Morgan fingerprint density at radius 3 is 2.48 bits per heavy atom. The fourth-order valence-corrected chi connectivity index (χ4v) is 4.11. The molecule has 1 aromatic carbocycles. The van der Waals surface area contributed by atoms with E-state index in [4.69, 9.17) is 0 Å². The van der Waals surface area contributed by atoms with Gasteiger partial charge in [-0.25, -0.2) is 4.39 Å². The lowest BCUT2D eigenvalue weighted by atomic mass is 9.91. The molecule has 2 fully saturated rings. The standard InChI is InChI=1S/C18H27FN2/c1-13-11-18(2,3)12-16(13)20-14-6-7-17(15(19)10-14)21-8-4-5-9-21/h6-7,10,13,16,20H,4-5,8-9,11-12H2,1-3H3. The zero-order valence-corrected chi connectivity index (χ0v) is 13.5. The fraction of sp³-hybridized carbons (Fsp3) is 0.667. The number of hydrogen-bond acceptors (Lipinski definition) is 2. The molecule has 0 spiro atoms. The molecule has 116 valence electrons. The van der Waals surface area contributed by atoms with E-state index in [1.165, 1.54) is 19.3 Å². The predicted octanol–water partition coefficient (Wildman–Crippen LogP) is 4.66. The van der Waals surface area contributed by atoms with Crippen LogP contribution in [-0.4, -0.2) is 19.1 Å². The summed E-state index contributed by atoms with van der Waals surface area (Å²) in [6.45, 7) is 8.90. The van der Waals surface area contributed by atoms with Crippen molar-refractivity contribution >= 4 is 11.4 Å². The van der Waals surface area contributed by atoms with E-state index in [1.807, 2.05) is 12.1 Å². The van der Waals surface area contributed by atoms with Crippen LogP contribution in [0.4, 0.5) is 15.8 Å². The van der Waals surface area contributed by atoms with Gasteiger partial charge in [0.05, 0.1) is 5.69 Å². The van der Waals surface area contributed by atoms with Crippen molar-refractivity contribution in [2.75, 3.05) is 23.3 Å². The minimum Gasteiger partial charge on any atom is -0.382 e. The van der Waals surface area contributed by atoms with Crippen LogP contribution in [0.5, 0.6) is 0 Å². The Balaban J connectivity index is 1.71. The Kier molecular flexibility index (Phi) is 3.85. The summed E-state index contributed by atoms with van der Waals surface area (Å²) in [5.74, 6) is 0.549. The van der Waals surface area contributed by atoms with Gasteiger partial charge in [-0.2, -0.15) is 0 Å².